The van der Waals surface area contributed by atoms with Gasteiger partial charge in [0.15, 0.2) is 0 Å². The Morgan fingerprint density at radius 1 is 1.30 bits per heavy atom. The molecular weight excluding hydrogens is 354 g/mol. The van der Waals surface area contributed by atoms with E-state index in [9.17, 15) is 0 Å². The molecule has 122 valence electrons. The molecule has 1 aliphatic rings. The maximum Gasteiger partial charge on any atom is 0.106 e. The van der Waals surface area contributed by atoms with Crippen molar-refractivity contribution in [2.45, 2.75) is 44.7 Å². The van der Waals surface area contributed by atoms with E-state index in [1.807, 2.05) is 29.1 Å². The van der Waals surface area contributed by atoms with Crippen molar-refractivity contribution in [2.24, 2.45) is 5.41 Å². The van der Waals surface area contributed by atoms with Crippen molar-refractivity contribution in [1.29, 1.82) is 0 Å². The van der Waals surface area contributed by atoms with Crippen molar-refractivity contribution >= 4 is 22.0 Å². The predicted octanol–water partition coefficient (Wildman–Crippen LogP) is 3.34. The fourth-order valence-electron chi connectivity index (χ4n) is 2.63. The van der Waals surface area contributed by atoms with Gasteiger partial charge in [-0.25, -0.2) is 4.68 Å². The molecule has 2 heterocycles. The van der Waals surface area contributed by atoms with Crippen molar-refractivity contribution in [3.8, 4) is 0 Å². The van der Waals surface area contributed by atoms with Crippen LogP contribution in [0.5, 0.6) is 0 Å². The minimum Gasteiger partial charge on any atom is -0.303 e. The summed E-state index contributed by atoms with van der Waals surface area (Å²) in [5, 5.41) is 12.2. The number of fused-ring (bicyclic) bond motifs is 1. The van der Waals surface area contributed by atoms with Crippen LogP contribution in [0.15, 0.2) is 30.5 Å². The Morgan fingerprint density at radius 2 is 2.13 bits per heavy atom. The number of nitrogens with zero attached hydrogens (tertiary/aromatic N) is 4. The summed E-state index contributed by atoms with van der Waals surface area (Å²) < 4.78 is 2.00. The second-order valence-electron chi connectivity index (χ2n) is 7.07. The molecule has 0 amide bonds. The van der Waals surface area contributed by atoms with E-state index in [0.717, 1.165) is 30.2 Å². The average molecular weight is 376 g/mol. The zero-order chi connectivity index (χ0) is 16.4. The maximum absolute atomic E-state index is 4.39. The van der Waals surface area contributed by atoms with Gasteiger partial charge in [-0.05, 0) is 23.6 Å². The van der Waals surface area contributed by atoms with Gasteiger partial charge in [0.2, 0.25) is 0 Å². The molecule has 2 aromatic heterocycles. The van der Waals surface area contributed by atoms with Crippen LogP contribution in [0.25, 0.3) is 6.08 Å². The van der Waals surface area contributed by atoms with Crippen LogP contribution in [0, 0.1) is 5.41 Å². The first-order chi connectivity index (χ1) is 10.9. The highest BCUT2D eigenvalue weighted by molar-refractivity contribution is 9.09. The number of pyridine rings is 1. The normalized spacial score (nSPS) is 20.5. The summed E-state index contributed by atoms with van der Waals surface area (Å²) >= 11 is 3.77. The van der Waals surface area contributed by atoms with Gasteiger partial charge in [0.05, 0.1) is 16.2 Å². The van der Waals surface area contributed by atoms with Crippen LogP contribution in [-0.4, -0.2) is 26.0 Å². The number of aromatic nitrogens is 4. The number of halogens is 1. The van der Waals surface area contributed by atoms with Gasteiger partial charge < -0.3 is 5.32 Å². The molecule has 2 atom stereocenters. The monoisotopic (exact) mass is 375 g/mol. The summed E-state index contributed by atoms with van der Waals surface area (Å²) in [6, 6.07) is 6.12. The molecule has 0 spiro atoms. The molecule has 0 aliphatic heterocycles. The maximum atomic E-state index is 4.39. The third-order valence-corrected chi connectivity index (χ3v) is 4.71. The first-order valence-electron chi connectivity index (χ1n) is 7.83. The molecule has 0 radical (unpaired) electrons. The molecular formula is C17H22BrN5. The molecule has 23 heavy (non-hydrogen) atoms. The molecule has 0 fully saturated rings. The number of nitrogens with one attached hydrogen (secondary N) is 1. The van der Waals surface area contributed by atoms with Gasteiger partial charge in [0.25, 0.3) is 0 Å². The van der Waals surface area contributed by atoms with Crippen LogP contribution in [0.4, 0.5) is 0 Å². The minimum absolute atomic E-state index is 0.111. The highest BCUT2D eigenvalue weighted by Gasteiger charge is 2.29. The van der Waals surface area contributed by atoms with E-state index in [1.54, 1.807) is 0 Å². The molecule has 3 rings (SSSR count). The van der Waals surface area contributed by atoms with Crippen LogP contribution in [0.1, 0.15) is 42.7 Å². The number of rotatable bonds is 4. The lowest BCUT2D eigenvalue weighted by Crippen LogP contribution is -2.32. The van der Waals surface area contributed by atoms with E-state index in [0.29, 0.717) is 0 Å². The summed E-state index contributed by atoms with van der Waals surface area (Å²) in [4.78, 5) is 4.45. The number of hydrogen-bond donors (Lipinski definition) is 1. The Balaban J connectivity index is 1.71. The third kappa shape index (κ3) is 3.87. The standard InChI is InChI=1S/C17H22BrN5/c1-17(2,3)11-23-14-8-7-13(15(18)16(14)21-22-23)20-10-12-6-4-5-9-19-12/h4-9,13,15,20H,10-11H2,1-3H3/t13?,15-/m1/s1. The highest BCUT2D eigenvalue weighted by Crippen LogP contribution is 2.34. The van der Waals surface area contributed by atoms with Gasteiger partial charge in [-0.15, -0.1) is 5.10 Å². The van der Waals surface area contributed by atoms with Crippen molar-refractivity contribution < 1.29 is 0 Å². The molecule has 0 saturated heterocycles. The van der Waals surface area contributed by atoms with E-state index in [1.165, 1.54) is 0 Å². The van der Waals surface area contributed by atoms with Gasteiger partial charge in [0, 0.05) is 25.3 Å². The Kier molecular flexibility index (Phi) is 4.64. The molecule has 1 unspecified atom stereocenters. The number of alkyl halides is 1. The lowest BCUT2D eigenvalue weighted by Gasteiger charge is -2.24. The zero-order valence-electron chi connectivity index (χ0n) is 13.7. The van der Waals surface area contributed by atoms with E-state index in [4.69, 9.17) is 0 Å². The third-order valence-electron chi connectivity index (χ3n) is 3.71. The highest BCUT2D eigenvalue weighted by atomic mass is 79.9. The summed E-state index contributed by atoms with van der Waals surface area (Å²) in [5.74, 6) is 0. The van der Waals surface area contributed by atoms with Crippen molar-refractivity contribution in [1.82, 2.24) is 25.3 Å². The molecule has 2 aromatic rings. The molecule has 1 aliphatic carbocycles. The lowest BCUT2D eigenvalue weighted by atomic mass is 9.96. The fourth-order valence-corrected chi connectivity index (χ4v) is 3.32. The zero-order valence-corrected chi connectivity index (χ0v) is 15.3. The van der Waals surface area contributed by atoms with Crippen molar-refractivity contribution in [3.05, 3.63) is 47.6 Å². The van der Waals surface area contributed by atoms with Gasteiger partial charge in [-0.2, -0.15) is 0 Å². The molecule has 0 aromatic carbocycles. The summed E-state index contributed by atoms with van der Waals surface area (Å²) in [6.07, 6.45) is 6.11. The van der Waals surface area contributed by atoms with Crippen LogP contribution in [0.2, 0.25) is 0 Å². The SMILES string of the molecule is CC(C)(C)Cn1nnc2c1C=CC(NCc1ccccn1)[C@H]2Br. The summed E-state index contributed by atoms with van der Waals surface area (Å²) in [5.41, 5.74) is 3.29. The minimum atomic E-state index is 0.111. The summed E-state index contributed by atoms with van der Waals surface area (Å²) in [6.45, 7) is 8.19. The van der Waals surface area contributed by atoms with E-state index in [2.05, 4.69) is 69.5 Å². The Labute approximate surface area is 145 Å². The van der Waals surface area contributed by atoms with Gasteiger partial charge in [0.1, 0.15) is 5.69 Å². The first-order valence-corrected chi connectivity index (χ1v) is 8.74. The van der Waals surface area contributed by atoms with Gasteiger partial charge >= 0.3 is 0 Å². The second-order valence-corrected chi connectivity index (χ2v) is 8.05. The average Bonchev–Trinajstić information content (AvgIpc) is 2.89. The second kappa shape index (κ2) is 6.53. The quantitative estimate of drug-likeness (QED) is 0.832. The first kappa shape index (κ1) is 16.3. The molecule has 0 bridgehead atoms. The smallest absolute Gasteiger partial charge is 0.106 e. The Bertz CT molecular complexity index is 687. The van der Waals surface area contributed by atoms with Crippen LogP contribution < -0.4 is 5.32 Å². The molecule has 0 saturated carbocycles. The lowest BCUT2D eigenvalue weighted by molar-refractivity contribution is 0.320. The Hall–Kier alpha value is -1.53. The van der Waals surface area contributed by atoms with Crippen LogP contribution in [-0.2, 0) is 13.1 Å². The van der Waals surface area contributed by atoms with Gasteiger partial charge in [-0.3, -0.25) is 4.98 Å². The van der Waals surface area contributed by atoms with Crippen molar-refractivity contribution in [3.63, 3.8) is 0 Å². The van der Waals surface area contributed by atoms with Crippen LogP contribution >= 0.6 is 15.9 Å². The van der Waals surface area contributed by atoms with Crippen molar-refractivity contribution in [2.75, 3.05) is 0 Å². The van der Waals surface area contributed by atoms with E-state index < -0.39 is 0 Å². The topological polar surface area (TPSA) is 55.6 Å². The van der Waals surface area contributed by atoms with E-state index in [-0.39, 0.29) is 16.3 Å². The number of hydrogen-bond acceptors (Lipinski definition) is 4. The molecule has 6 heteroatoms. The van der Waals surface area contributed by atoms with Crippen LogP contribution in [0.3, 0.4) is 0 Å². The molecule has 5 nitrogen and oxygen atoms in total. The summed E-state index contributed by atoms with van der Waals surface area (Å²) in [7, 11) is 0. The predicted molar refractivity (Wildman–Crippen MR) is 95.0 cm³/mol. The van der Waals surface area contributed by atoms with E-state index >= 15 is 0 Å². The largest absolute Gasteiger partial charge is 0.303 e. The Morgan fingerprint density at radius 3 is 2.83 bits per heavy atom. The molecule has 1 N–H and O–H groups in total. The fraction of sp³-hybridized carbons (Fsp3) is 0.471. The van der Waals surface area contributed by atoms with Gasteiger partial charge in [-0.1, -0.05) is 54.1 Å².